The predicted molar refractivity (Wildman–Crippen MR) is 78.4 cm³/mol. The first kappa shape index (κ1) is 14.8. The van der Waals surface area contributed by atoms with E-state index in [0.29, 0.717) is 5.69 Å². The highest BCUT2D eigenvalue weighted by molar-refractivity contribution is 7.89. The van der Waals surface area contributed by atoms with Crippen molar-refractivity contribution in [3.05, 3.63) is 35.7 Å². The smallest absolute Gasteiger partial charge is 0.242 e. The Morgan fingerprint density at radius 1 is 1.30 bits per heavy atom. The van der Waals surface area contributed by atoms with Gasteiger partial charge in [-0.15, -0.1) is 0 Å². The Kier molecular flexibility index (Phi) is 4.27. The van der Waals surface area contributed by atoms with Crippen LogP contribution in [0.1, 0.15) is 0 Å². The van der Waals surface area contributed by atoms with Gasteiger partial charge in [-0.3, -0.25) is 0 Å². The van der Waals surface area contributed by atoms with Gasteiger partial charge in [0.2, 0.25) is 15.3 Å². The fraction of sp³-hybridized carbons (Fsp3) is 0.0909. The molecule has 1 aromatic heterocycles. The highest BCUT2D eigenvalue weighted by Crippen LogP contribution is 2.23. The second-order valence-electron chi connectivity index (χ2n) is 3.77. The summed E-state index contributed by atoms with van der Waals surface area (Å²) in [5.74, 6) is 0.240. The molecule has 2 rings (SSSR count). The molecule has 2 aromatic rings. The van der Waals surface area contributed by atoms with Crippen LogP contribution in [0.15, 0.2) is 35.4 Å². The summed E-state index contributed by atoms with van der Waals surface area (Å²) in [6, 6.07) is 6.37. The molecule has 0 spiro atoms. The Bertz CT molecular complexity index is 739. The number of rotatable bonds is 4. The second-order valence-corrected chi connectivity index (χ2v) is 5.96. The quantitative estimate of drug-likeness (QED) is 0.637. The zero-order valence-electron chi connectivity index (χ0n) is 10.5. The van der Waals surface area contributed by atoms with Crippen LogP contribution in [0.5, 0.6) is 0 Å². The molecule has 2 radical (unpaired) electrons. The minimum atomic E-state index is -3.60. The van der Waals surface area contributed by atoms with Gasteiger partial charge in [-0.2, -0.15) is 0 Å². The number of sulfonamides is 1. The summed E-state index contributed by atoms with van der Waals surface area (Å²) in [7, 11) is 3.45. The van der Waals surface area contributed by atoms with Crippen LogP contribution in [-0.2, 0) is 10.0 Å². The number of para-hydroxylation sites is 1. The van der Waals surface area contributed by atoms with Crippen LogP contribution in [0.4, 0.5) is 11.5 Å². The zero-order valence-corrected chi connectivity index (χ0v) is 12.0. The number of benzene rings is 1. The van der Waals surface area contributed by atoms with Crippen molar-refractivity contribution in [1.82, 2.24) is 14.7 Å². The van der Waals surface area contributed by atoms with Crippen molar-refractivity contribution in [3.8, 4) is 0 Å². The molecule has 0 unspecified atom stereocenters. The van der Waals surface area contributed by atoms with Gasteiger partial charge in [-0.05, 0) is 36.2 Å². The Balaban J connectivity index is 2.47. The van der Waals surface area contributed by atoms with E-state index in [4.69, 9.17) is 19.4 Å². The number of anilines is 2. The van der Waals surface area contributed by atoms with Crippen LogP contribution in [0, 0.1) is 0 Å². The van der Waals surface area contributed by atoms with Gasteiger partial charge in [0.1, 0.15) is 18.6 Å². The average Bonchev–Trinajstić information content (AvgIpc) is 2.43. The van der Waals surface area contributed by atoms with Crippen molar-refractivity contribution in [2.24, 2.45) is 0 Å². The molecule has 0 bridgehead atoms. The van der Waals surface area contributed by atoms with E-state index in [1.54, 1.807) is 18.2 Å². The predicted octanol–water partition coefficient (Wildman–Crippen LogP) is 0.575. The maximum absolute atomic E-state index is 11.9. The topological polar surface area (TPSA) is 84.0 Å². The van der Waals surface area contributed by atoms with Crippen LogP contribution in [0.3, 0.4) is 0 Å². The standard InChI is InChI=1S/C11H10BClN4O2S/c1-14-20(18,19)9-5-3-2-4-8(9)16-10-7(12)6-15-11(13)17-10/h2-6,14H,1H3,(H,15,16,17). The van der Waals surface area contributed by atoms with Crippen LogP contribution in [0.2, 0.25) is 5.28 Å². The fourth-order valence-electron chi connectivity index (χ4n) is 1.51. The molecule has 1 aromatic carbocycles. The van der Waals surface area contributed by atoms with Crippen molar-refractivity contribution in [1.29, 1.82) is 0 Å². The van der Waals surface area contributed by atoms with E-state index < -0.39 is 10.0 Å². The summed E-state index contributed by atoms with van der Waals surface area (Å²) < 4.78 is 26.1. The highest BCUT2D eigenvalue weighted by Gasteiger charge is 2.16. The van der Waals surface area contributed by atoms with E-state index in [9.17, 15) is 8.42 Å². The van der Waals surface area contributed by atoms with E-state index in [-0.39, 0.29) is 21.5 Å². The lowest BCUT2D eigenvalue weighted by Crippen LogP contribution is -2.20. The summed E-state index contributed by atoms with van der Waals surface area (Å²) >= 11 is 5.69. The maximum Gasteiger partial charge on any atom is 0.242 e. The molecule has 0 saturated heterocycles. The normalized spacial score (nSPS) is 11.3. The molecule has 0 saturated carbocycles. The largest absolute Gasteiger partial charge is 0.339 e. The minimum Gasteiger partial charge on any atom is -0.339 e. The fourth-order valence-corrected chi connectivity index (χ4v) is 2.53. The molecule has 0 amide bonds. The van der Waals surface area contributed by atoms with Gasteiger partial charge in [0, 0.05) is 6.20 Å². The molecule has 20 heavy (non-hydrogen) atoms. The van der Waals surface area contributed by atoms with Crippen LogP contribution in [0.25, 0.3) is 0 Å². The molecular formula is C11H10BClN4O2S. The van der Waals surface area contributed by atoms with E-state index in [0.717, 1.165) is 0 Å². The van der Waals surface area contributed by atoms with Crippen molar-refractivity contribution in [3.63, 3.8) is 0 Å². The third kappa shape index (κ3) is 3.09. The van der Waals surface area contributed by atoms with Gasteiger partial charge < -0.3 is 5.32 Å². The van der Waals surface area contributed by atoms with Crippen LogP contribution >= 0.6 is 11.6 Å². The molecule has 1 heterocycles. The van der Waals surface area contributed by atoms with Crippen molar-refractivity contribution >= 4 is 46.4 Å². The third-order valence-corrected chi connectivity index (χ3v) is 4.14. The molecule has 0 fully saturated rings. The van der Waals surface area contributed by atoms with Crippen molar-refractivity contribution < 1.29 is 8.42 Å². The SMILES string of the molecule is [B]c1cnc(Cl)nc1Nc1ccccc1S(=O)(=O)NC. The monoisotopic (exact) mass is 308 g/mol. The molecule has 2 N–H and O–H groups in total. The lowest BCUT2D eigenvalue weighted by Gasteiger charge is -2.13. The molecule has 9 heteroatoms. The van der Waals surface area contributed by atoms with E-state index in [1.807, 2.05) is 0 Å². The summed E-state index contributed by atoms with van der Waals surface area (Å²) in [6.45, 7) is 0. The van der Waals surface area contributed by atoms with Gasteiger partial charge in [0.25, 0.3) is 0 Å². The Hall–Kier alpha value is -1.64. The number of hydrogen-bond acceptors (Lipinski definition) is 5. The third-order valence-electron chi connectivity index (χ3n) is 2.49. The van der Waals surface area contributed by atoms with Gasteiger partial charge in [-0.25, -0.2) is 23.1 Å². The first-order chi connectivity index (χ1) is 9.44. The highest BCUT2D eigenvalue weighted by atomic mass is 35.5. The van der Waals surface area contributed by atoms with Gasteiger partial charge in [-0.1, -0.05) is 12.1 Å². The summed E-state index contributed by atoms with van der Waals surface area (Å²) in [5.41, 5.74) is 0.592. The zero-order chi connectivity index (χ0) is 14.8. The summed E-state index contributed by atoms with van der Waals surface area (Å²) in [4.78, 5) is 7.73. The Morgan fingerprint density at radius 3 is 2.70 bits per heavy atom. The first-order valence-electron chi connectivity index (χ1n) is 5.51. The molecule has 0 aliphatic heterocycles. The molecule has 6 nitrogen and oxygen atoms in total. The first-order valence-corrected chi connectivity index (χ1v) is 7.38. The molecule has 0 aliphatic carbocycles. The number of nitrogens with zero attached hydrogens (tertiary/aromatic N) is 2. The maximum atomic E-state index is 11.9. The number of nitrogens with one attached hydrogen (secondary N) is 2. The van der Waals surface area contributed by atoms with E-state index >= 15 is 0 Å². The van der Waals surface area contributed by atoms with Crippen LogP contribution in [-0.4, -0.2) is 33.3 Å². The van der Waals surface area contributed by atoms with Crippen LogP contribution < -0.4 is 15.5 Å². The molecule has 0 aliphatic rings. The molecular weight excluding hydrogens is 298 g/mol. The number of aromatic nitrogens is 2. The molecule has 102 valence electrons. The number of hydrogen-bond donors (Lipinski definition) is 2. The summed E-state index contributed by atoms with van der Waals surface area (Å²) in [6.07, 6.45) is 1.34. The lowest BCUT2D eigenvalue weighted by molar-refractivity contribution is 0.588. The van der Waals surface area contributed by atoms with Crippen molar-refractivity contribution in [2.45, 2.75) is 4.90 Å². The Labute approximate surface area is 123 Å². The van der Waals surface area contributed by atoms with E-state index in [2.05, 4.69) is 20.0 Å². The van der Waals surface area contributed by atoms with Gasteiger partial charge in [0.05, 0.1) is 5.69 Å². The van der Waals surface area contributed by atoms with E-state index in [1.165, 1.54) is 19.3 Å². The second kappa shape index (κ2) is 5.78. The van der Waals surface area contributed by atoms with Crippen molar-refractivity contribution in [2.75, 3.05) is 12.4 Å². The van der Waals surface area contributed by atoms with Gasteiger partial charge in [0.15, 0.2) is 0 Å². The number of halogens is 1. The molecule has 0 atom stereocenters. The lowest BCUT2D eigenvalue weighted by atomic mass is 9.99. The van der Waals surface area contributed by atoms with Gasteiger partial charge >= 0.3 is 0 Å². The minimum absolute atomic E-state index is 0.00987. The summed E-state index contributed by atoms with van der Waals surface area (Å²) in [5, 5.41) is 2.85. The Morgan fingerprint density at radius 2 is 2.00 bits per heavy atom. The average molecular weight is 309 g/mol.